The zero-order chi connectivity index (χ0) is 13.3. The number of likely N-dealkylation sites (tertiary alicyclic amines) is 1. The van der Waals surface area contributed by atoms with Crippen molar-refractivity contribution in [1.82, 2.24) is 4.90 Å². The smallest absolute Gasteiger partial charge is 0.0600 e. The van der Waals surface area contributed by atoms with Gasteiger partial charge in [0.1, 0.15) is 0 Å². The Morgan fingerprint density at radius 3 is 2.61 bits per heavy atom. The van der Waals surface area contributed by atoms with Gasteiger partial charge in [0.15, 0.2) is 0 Å². The fraction of sp³-hybridized carbons (Fsp3) is 0.733. The molecule has 2 atom stereocenters. The molecule has 2 N–H and O–H groups in total. The maximum atomic E-state index is 6.49. The Morgan fingerprint density at radius 1 is 1.33 bits per heavy atom. The predicted molar refractivity (Wildman–Crippen MR) is 80.1 cm³/mol. The van der Waals surface area contributed by atoms with Crippen molar-refractivity contribution in [3.8, 4) is 0 Å². The second-order valence-electron chi connectivity index (χ2n) is 6.44. The summed E-state index contributed by atoms with van der Waals surface area (Å²) in [5.74, 6) is 0. The van der Waals surface area contributed by atoms with Crippen molar-refractivity contribution in [2.75, 3.05) is 6.54 Å². The van der Waals surface area contributed by atoms with Crippen molar-refractivity contribution in [3.63, 3.8) is 0 Å². The molecule has 18 heavy (non-hydrogen) atoms. The fourth-order valence-electron chi connectivity index (χ4n) is 2.97. The molecule has 0 bridgehead atoms. The lowest BCUT2D eigenvalue weighted by Gasteiger charge is -2.42. The third kappa shape index (κ3) is 2.79. The molecule has 2 nitrogen and oxygen atoms in total. The van der Waals surface area contributed by atoms with Gasteiger partial charge in [0, 0.05) is 16.5 Å². The zero-order valence-electron chi connectivity index (χ0n) is 12.1. The van der Waals surface area contributed by atoms with E-state index in [1.165, 1.54) is 29.8 Å². The number of hydrogen-bond acceptors (Lipinski definition) is 3. The molecule has 1 aromatic heterocycles. The second-order valence-corrected chi connectivity index (χ2v) is 7.38. The highest BCUT2D eigenvalue weighted by Gasteiger charge is 2.36. The van der Waals surface area contributed by atoms with Crippen LogP contribution in [0.5, 0.6) is 0 Å². The van der Waals surface area contributed by atoms with Crippen LogP contribution in [0.3, 0.4) is 0 Å². The summed E-state index contributed by atoms with van der Waals surface area (Å²) in [7, 11) is 0. The van der Waals surface area contributed by atoms with E-state index >= 15 is 0 Å². The molecule has 1 aliphatic heterocycles. The molecule has 0 amide bonds. The van der Waals surface area contributed by atoms with Crippen molar-refractivity contribution in [2.24, 2.45) is 5.73 Å². The molecule has 3 heteroatoms. The summed E-state index contributed by atoms with van der Waals surface area (Å²) in [6.07, 6.45) is 3.68. The van der Waals surface area contributed by atoms with Gasteiger partial charge in [-0.2, -0.15) is 0 Å². The van der Waals surface area contributed by atoms with Crippen LogP contribution in [0.1, 0.15) is 56.5 Å². The highest BCUT2D eigenvalue weighted by molar-refractivity contribution is 7.10. The molecular formula is C15H26N2S. The van der Waals surface area contributed by atoms with Gasteiger partial charge in [-0.05, 0) is 64.1 Å². The van der Waals surface area contributed by atoms with Gasteiger partial charge >= 0.3 is 0 Å². The van der Waals surface area contributed by atoms with E-state index in [0.29, 0.717) is 6.04 Å². The van der Waals surface area contributed by atoms with Gasteiger partial charge in [0.2, 0.25) is 0 Å². The largest absolute Gasteiger partial charge is 0.326 e. The number of aryl methyl sites for hydroxylation is 1. The van der Waals surface area contributed by atoms with E-state index in [1.54, 1.807) is 0 Å². The number of nitrogens with zero attached hydrogens (tertiary/aromatic N) is 1. The van der Waals surface area contributed by atoms with Gasteiger partial charge in [-0.15, -0.1) is 11.3 Å². The van der Waals surface area contributed by atoms with Crippen LogP contribution in [-0.2, 0) is 0 Å². The SMILES string of the molecule is Cc1ccsc1C1C(N)CCCCN1C(C)(C)C. The van der Waals surface area contributed by atoms with E-state index in [0.717, 1.165) is 6.42 Å². The first-order valence-corrected chi connectivity index (χ1v) is 7.85. The van der Waals surface area contributed by atoms with Gasteiger partial charge in [0.25, 0.3) is 0 Å². The molecule has 0 radical (unpaired) electrons. The minimum absolute atomic E-state index is 0.184. The van der Waals surface area contributed by atoms with Crippen LogP contribution in [0.15, 0.2) is 11.4 Å². The maximum Gasteiger partial charge on any atom is 0.0600 e. The Morgan fingerprint density at radius 2 is 2.06 bits per heavy atom. The standard InChI is InChI=1S/C15H26N2S/c1-11-8-10-18-14(11)13-12(16)7-5-6-9-17(13)15(2,3)4/h8,10,12-13H,5-7,9,16H2,1-4H3. The molecule has 102 valence electrons. The average Bonchev–Trinajstić information content (AvgIpc) is 2.56. The monoisotopic (exact) mass is 266 g/mol. The molecule has 1 fully saturated rings. The number of hydrogen-bond donors (Lipinski definition) is 1. The van der Waals surface area contributed by atoms with Gasteiger partial charge in [-0.3, -0.25) is 4.90 Å². The van der Waals surface area contributed by atoms with Crippen LogP contribution < -0.4 is 5.73 Å². The predicted octanol–water partition coefficient (Wildman–Crippen LogP) is 3.71. The van der Waals surface area contributed by atoms with Crippen LogP contribution in [0.2, 0.25) is 0 Å². The quantitative estimate of drug-likeness (QED) is 0.839. The summed E-state index contributed by atoms with van der Waals surface area (Å²) in [6, 6.07) is 2.88. The van der Waals surface area contributed by atoms with Gasteiger partial charge in [-0.25, -0.2) is 0 Å². The Bertz CT molecular complexity index is 391. The van der Waals surface area contributed by atoms with Crippen molar-refractivity contribution in [1.29, 1.82) is 0 Å². The van der Waals surface area contributed by atoms with E-state index < -0.39 is 0 Å². The Balaban J connectivity index is 2.38. The van der Waals surface area contributed by atoms with E-state index in [-0.39, 0.29) is 11.6 Å². The fourth-order valence-corrected chi connectivity index (χ4v) is 4.08. The number of thiophene rings is 1. The van der Waals surface area contributed by atoms with Crippen LogP contribution in [0.25, 0.3) is 0 Å². The van der Waals surface area contributed by atoms with E-state index in [1.807, 2.05) is 11.3 Å². The summed E-state index contributed by atoms with van der Waals surface area (Å²) in [6.45, 7) is 10.3. The van der Waals surface area contributed by atoms with Crippen LogP contribution in [0, 0.1) is 6.92 Å². The highest BCUT2D eigenvalue weighted by atomic mass is 32.1. The number of nitrogens with two attached hydrogens (primary N) is 1. The molecule has 0 aromatic carbocycles. The lowest BCUT2D eigenvalue weighted by atomic mass is 9.95. The summed E-state index contributed by atoms with van der Waals surface area (Å²) in [5.41, 5.74) is 8.07. The first-order chi connectivity index (χ1) is 8.41. The molecule has 0 saturated carbocycles. The summed E-state index contributed by atoms with van der Waals surface area (Å²) >= 11 is 1.87. The lowest BCUT2D eigenvalue weighted by Crippen LogP contribution is -2.49. The van der Waals surface area contributed by atoms with Crippen molar-refractivity contribution >= 4 is 11.3 Å². The molecule has 0 spiro atoms. The topological polar surface area (TPSA) is 29.3 Å². The molecule has 2 heterocycles. The maximum absolute atomic E-state index is 6.49. The normalized spacial score (nSPS) is 27.2. The van der Waals surface area contributed by atoms with Crippen molar-refractivity contribution in [2.45, 2.75) is 64.6 Å². The summed E-state index contributed by atoms with van der Waals surface area (Å²) in [4.78, 5) is 4.09. The molecule has 2 unspecified atom stereocenters. The molecule has 1 saturated heterocycles. The Kier molecular flexibility index (Phi) is 4.15. The molecule has 2 rings (SSSR count). The lowest BCUT2D eigenvalue weighted by molar-refractivity contribution is 0.0771. The number of rotatable bonds is 1. The molecule has 0 aliphatic carbocycles. The van der Waals surface area contributed by atoms with Gasteiger partial charge < -0.3 is 5.73 Å². The molecule has 1 aliphatic rings. The van der Waals surface area contributed by atoms with Gasteiger partial charge in [0.05, 0.1) is 6.04 Å². The highest BCUT2D eigenvalue weighted by Crippen LogP contribution is 2.38. The summed E-state index contributed by atoms with van der Waals surface area (Å²) < 4.78 is 0. The first-order valence-electron chi connectivity index (χ1n) is 6.97. The van der Waals surface area contributed by atoms with Crippen LogP contribution >= 0.6 is 11.3 Å². The zero-order valence-corrected chi connectivity index (χ0v) is 12.9. The van der Waals surface area contributed by atoms with Crippen LogP contribution in [0.4, 0.5) is 0 Å². The van der Waals surface area contributed by atoms with E-state index in [2.05, 4.69) is 44.0 Å². The summed E-state index contributed by atoms with van der Waals surface area (Å²) in [5, 5.41) is 2.20. The molecule has 1 aromatic rings. The van der Waals surface area contributed by atoms with Crippen molar-refractivity contribution in [3.05, 3.63) is 21.9 Å². The van der Waals surface area contributed by atoms with E-state index in [9.17, 15) is 0 Å². The van der Waals surface area contributed by atoms with Crippen molar-refractivity contribution < 1.29 is 0 Å². The Hall–Kier alpha value is -0.380. The van der Waals surface area contributed by atoms with E-state index in [4.69, 9.17) is 5.73 Å². The average molecular weight is 266 g/mol. The third-order valence-electron chi connectivity index (χ3n) is 3.96. The third-order valence-corrected chi connectivity index (χ3v) is 5.05. The molecular weight excluding hydrogens is 240 g/mol. The minimum atomic E-state index is 0.184. The Labute approximate surface area is 115 Å². The minimum Gasteiger partial charge on any atom is -0.326 e. The van der Waals surface area contributed by atoms with Crippen LogP contribution in [-0.4, -0.2) is 23.0 Å². The second kappa shape index (κ2) is 5.32. The first kappa shape index (κ1) is 14.0. The van der Waals surface area contributed by atoms with Gasteiger partial charge in [-0.1, -0.05) is 6.42 Å².